The molecule has 3 atom stereocenters. The van der Waals surface area contributed by atoms with Gasteiger partial charge in [0.25, 0.3) is 0 Å². The van der Waals surface area contributed by atoms with Crippen LogP contribution in [-0.2, 0) is 16.0 Å². The Morgan fingerprint density at radius 2 is 1.83 bits per heavy atom. The molecule has 2 N–H and O–H groups in total. The molecule has 23 heavy (non-hydrogen) atoms. The highest BCUT2D eigenvalue weighted by Crippen LogP contribution is 2.40. The summed E-state index contributed by atoms with van der Waals surface area (Å²) in [7, 11) is 0. The Hall–Kier alpha value is -2.33. The molecule has 2 heterocycles. The number of rotatable bonds is 3. The van der Waals surface area contributed by atoms with E-state index in [9.17, 15) is 4.79 Å². The number of anilines is 1. The topological polar surface area (TPSA) is 55.6 Å². The average molecular weight is 308 g/mol. The minimum absolute atomic E-state index is 0.000174. The lowest BCUT2D eigenvalue weighted by molar-refractivity contribution is -0.137. The Balaban J connectivity index is 1.55. The van der Waals surface area contributed by atoms with Gasteiger partial charge in [-0.1, -0.05) is 48.5 Å². The van der Waals surface area contributed by atoms with Gasteiger partial charge in [-0.05, 0) is 24.5 Å². The first-order valence-corrected chi connectivity index (χ1v) is 8.06. The molecule has 2 fully saturated rings. The van der Waals surface area contributed by atoms with E-state index in [1.165, 1.54) is 0 Å². The van der Waals surface area contributed by atoms with Crippen LogP contribution in [0.1, 0.15) is 23.8 Å². The first kappa shape index (κ1) is 14.3. The van der Waals surface area contributed by atoms with Gasteiger partial charge in [-0.3, -0.25) is 4.79 Å². The second kappa shape index (κ2) is 5.70. The van der Waals surface area contributed by atoms with Crippen LogP contribution in [0.25, 0.3) is 0 Å². The number of benzene rings is 2. The molecule has 2 aliphatic rings. The Morgan fingerprint density at radius 3 is 2.61 bits per heavy atom. The zero-order chi connectivity index (χ0) is 15.8. The van der Waals surface area contributed by atoms with Crippen LogP contribution in [0, 0.1) is 5.92 Å². The number of carbonyl (C=O) groups is 1. The van der Waals surface area contributed by atoms with E-state index in [0.29, 0.717) is 13.0 Å². The van der Waals surface area contributed by atoms with E-state index < -0.39 is 0 Å². The zero-order valence-electron chi connectivity index (χ0n) is 12.9. The van der Waals surface area contributed by atoms with Gasteiger partial charge < -0.3 is 15.4 Å². The van der Waals surface area contributed by atoms with E-state index in [0.717, 1.165) is 23.2 Å². The van der Waals surface area contributed by atoms with Gasteiger partial charge in [-0.2, -0.15) is 0 Å². The number of amides is 1. The fraction of sp³-hybridized carbons (Fsp3) is 0.316. The maximum Gasteiger partial charge on any atom is 0.228 e. The van der Waals surface area contributed by atoms with Crippen molar-refractivity contribution in [3.63, 3.8) is 0 Å². The number of hydrogen-bond acceptors (Lipinski definition) is 3. The number of hydrogen-bond donors (Lipinski definition) is 1. The molecule has 4 heteroatoms. The van der Waals surface area contributed by atoms with Crippen molar-refractivity contribution in [3.05, 3.63) is 65.7 Å². The average Bonchev–Trinajstić information content (AvgIpc) is 3.12. The summed E-state index contributed by atoms with van der Waals surface area (Å²) in [4.78, 5) is 14.8. The van der Waals surface area contributed by atoms with E-state index in [-0.39, 0.29) is 24.1 Å². The Morgan fingerprint density at radius 1 is 1.09 bits per heavy atom. The van der Waals surface area contributed by atoms with Gasteiger partial charge in [-0.15, -0.1) is 0 Å². The van der Waals surface area contributed by atoms with Crippen LogP contribution >= 0.6 is 0 Å². The summed E-state index contributed by atoms with van der Waals surface area (Å²) in [6.07, 6.45) is 1.31. The first-order valence-electron chi connectivity index (χ1n) is 8.06. The number of para-hydroxylation sites is 1. The van der Waals surface area contributed by atoms with Gasteiger partial charge in [0.1, 0.15) is 0 Å². The molecule has 0 radical (unpaired) electrons. The number of nitrogens with zero attached hydrogens (tertiary/aromatic N) is 1. The normalized spacial score (nSPS) is 26.5. The third-order valence-corrected chi connectivity index (χ3v) is 4.86. The van der Waals surface area contributed by atoms with Crippen LogP contribution in [0.4, 0.5) is 5.69 Å². The molecule has 2 saturated heterocycles. The van der Waals surface area contributed by atoms with Crippen molar-refractivity contribution in [2.75, 3.05) is 12.3 Å². The zero-order valence-corrected chi connectivity index (χ0v) is 12.9. The summed E-state index contributed by atoms with van der Waals surface area (Å²) in [5.41, 5.74) is 8.90. The highest BCUT2D eigenvalue weighted by Gasteiger charge is 2.48. The predicted octanol–water partition coefficient (Wildman–Crippen LogP) is 2.76. The molecule has 1 unspecified atom stereocenters. The highest BCUT2D eigenvalue weighted by molar-refractivity contribution is 5.82. The fourth-order valence-electron chi connectivity index (χ4n) is 3.70. The minimum Gasteiger partial charge on any atom is -0.399 e. The smallest absolute Gasteiger partial charge is 0.228 e. The summed E-state index contributed by atoms with van der Waals surface area (Å²) in [5.74, 6) is 0.185. The number of fused-ring (bicyclic) bond motifs is 1. The second-order valence-electron chi connectivity index (χ2n) is 6.33. The van der Waals surface area contributed by atoms with Gasteiger partial charge in [-0.25, -0.2) is 0 Å². The van der Waals surface area contributed by atoms with E-state index in [1.54, 1.807) is 0 Å². The SMILES string of the molecule is Nc1ccccc1CC1C[C@@H]2CO[C@@H](c3ccccc3)N2C1=O. The molecule has 0 aliphatic carbocycles. The molecule has 0 saturated carbocycles. The molecule has 0 aromatic heterocycles. The molecule has 0 spiro atoms. The largest absolute Gasteiger partial charge is 0.399 e. The predicted molar refractivity (Wildman–Crippen MR) is 88.4 cm³/mol. The maximum absolute atomic E-state index is 12.9. The molecule has 4 nitrogen and oxygen atoms in total. The van der Waals surface area contributed by atoms with Crippen molar-refractivity contribution in [1.29, 1.82) is 0 Å². The summed E-state index contributed by atoms with van der Waals surface area (Å²) in [6.45, 7) is 0.617. The third-order valence-electron chi connectivity index (χ3n) is 4.86. The molecule has 2 aliphatic heterocycles. The quantitative estimate of drug-likeness (QED) is 0.887. The molecule has 4 rings (SSSR count). The third kappa shape index (κ3) is 2.49. The lowest BCUT2D eigenvalue weighted by atomic mass is 9.95. The molecule has 2 aromatic carbocycles. The fourth-order valence-corrected chi connectivity index (χ4v) is 3.70. The Bertz CT molecular complexity index is 716. The van der Waals surface area contributed by atoms with E-state index in [1.807, 2.05) is 59.5 Å². The monoisotopic (exact) mass is 308 g/mol. The van der Waals surface area contributed by atoms with Gasteiger partial charge in [0, 0.05) is 17.2 Å². The Labute approximate surface area is 135 Å². The maximum atomic E-state index is 12.9. The molecule has 2 aromatic rings. The standard InChI is InChI=1S/C19H20N2O2/c20-17-9-5-4-8-14(17)10-15-11-16-12-23-19(21(16)18(15)22)13-6-2-1-3-7-13/h1-9,15-16,19H,10-12,20H2/t15?,16-,19+/m1/s1. The van der Waals surface area contributed by atoms with Crippen molar-refractivity contribution < 1.29 is 9.53 Å². The number of nitrogens with two attached hydrogens (primary N) is 1. The van der Waals surface area contributed by atoms with Crippen molar-refractivity contribution in [2.24, 2.45) is 5.92 Å². The number of carbonyl (C=O) groups excluding carboxylic acids is 1. The lowest BCUT2D eigenvalue weighted by Crippen LogP contribution is -2.32. The van der Waals surface area contributed by atoms with Crippen molar-refractivity contribution >= 4 is 11.6 Å². The molecule has 118 valence electrons. The molecule has 0 bridgehead atoms. The van der Waals surface area contributed by atoms with Crippen LogP contribution < -0.4 is 5.73 Å². The van der Waals surface area contributed by atoms with Crippen molar-refractivity contribution in [2.45, 2.75) is 25.1 Å². The lowest BCUT2D eigenvalue weighted by Gasteiger charge is -2.23. The highest BCUT2D eigenvalue weighted by atomic mass is 16.5. The summed E-state index contributed by atoms with van der Waals surface area (Å²) < 4.78 is 5.88. The molecular weight excluding hydrogens is 288 g/mol. The van der Waals surface area contributed by atoms with E-state index in [2.05, 4.69) is 0 Å². The van der Waals surface area contributed by atoms with Crippen LogP contribution in [0.15, 0.2) is 54.6 Å². The van der Waals surface area contributed by atoms with Crippen molar-refractivity contribution in [3.8, 4) is 0 Å². The van der Waals surface area contributed by atoms with Gasteiger partial charge in [0.15, 0.2) is 6.23 Å². The number of nitrogen functional groups attached to an aromatic ring is 1. The van der Waals surface area contributed by atoms with Crippen LogP contribution in [0.5, 0.6) is 0 Å². The van der Waals surface area contributed by atoms with Crippen LogP contribution in [0.2, 0.25) is 0 Å². The Kier molecular flexibility index (Phi) is 3.54. The first-order chi connectivity index (χ1) is 11.2. The molecular formula is C19H20N2O2. The van der Waals surface area contributed by atoms with Crippen LogP contribution in [0.3, 0.4) is 0 Å². The summed E-state index contributed by atoms with van der Waals surface area (Å²) in [6, 6.07) is 18.0. The molecule has 1 amide bonds. The van der Waals surface area contributed by atoms with E-state index >= 15 is 0 Å². The van der Waals surface area contributed by atoms with Gasteiger partial charge in [0.05, 0.1) is 12.6 Å². The van der Waals surface area contributed by atoms with Gasteiger partial charge >= 0.3 is 0 Å². The summed E-state index contributed by atoms with van der Waals surface area (Å²) >= 11 is 0. The minimum atomic E-state index is -0.244. The number of ether oxygens (including phenoxy) is 1. The van der Waals surface area contributed by atoms with Gasteiger partial charge in [0.2, 0.25) is 5.91 Å². The summed E-state index contributed by atoms with van der Waals surface area (Å²) in [5, 5.41) is 0. The van der Waals surface area contributed by atoms with Crippen molar-refractivity contribution in [1.82, 2.24) is 4.90 Å². The second-order valence-corrected chi connectivity index (χ2v) is 6.33. The van der Waals surface area contributed by atoms with Crippen LogP contribution in [-0.4, -0.2) is 23.5 Å². The van der Waals surface area contributed by atoms with E-state index in [4.69, 9.17) is 10.5 Å².